The van der Waals surface area contributed by atoms with Crippen LogP contribution in [-0.4, -0.2) is 47.1 Å². The van der Waals surface area contributed by atoms with Crippen LogP contribution in [0.25, 0.3) is 0 Å². The number of benzene rings is 3. The number of phenolic OH excluding ortho intramolecular Hbond substituents is 1. The SMILES string of the molecule is CC[C@H]1C[C@@H](S(=O)(=O)[O-])[C@H]2C=C3C[C@@H](C[C@H](CCO)O[C@H]3c3ccc(O)cc3)[C@@H]2c2ccc(cc2)[C@@H](N=C(N)N)Oc2ccc1cc2.[Na+]. The van der Waals surface area contributed by atoms with Gasteiger partial charge in [-0.15, -0.1) is 0 Å². The van der Waals surface area contributed by atoms with Crippen molar-refractivity contribution < 1.29 is 62.2 Å². The molecule has 8 atom stereocenters. The number of aliphatic imine (C=N–C) groups is 1. The van der Waals surface area contributed by atoms with Gasteiger partial charge >= 0.3 is 29.6 Å². The van der Waals surface area contributed by atoms with E-state index in [4.69, 9.17) is 20.9 Å². The zero-order valence-corrected chi connectivity index (χ0v) is 30.1. The Morgan fingerprint density at radius 2 is 1.56 bits per heavy atom. The van der Waals surface area contributed by atoms with Crippen LogP contribution in [0.15, 0.2) is 89.4 Å². The van der Waals surface area contributed by atoms with E-state index < -0.39 is 33.6 Å². The number of phenols is 1. The Balaban J connectivity index is 0.00000451. The van der Waals surface area contributed by atoms with Crippen LogP contribution >= 0.6 is 0 Å². The number of hydrogen-bond donors (Lipinski definition) is 4. The quantitative estimate of drug-likeness (QED) is 0.0995. The number of fused-ring (bicyclic) bond motifs is 2. The van der Waals surface area contributed by atoms with Gasteiger partial charge in [-0.2, -0.15) is 0 Å². The van der Waals surface area contributed by atoms with Gasteiger partial charge in [0.05, 0.1) is 21.5 Å². The second-order valence-electron chi connectivity index (χ2n) is 12.9. The first kappa shape index (κ1) is 36.4. The van der Waals surface area contributed by atoms with E-state index in [1.807, 2.05) is 61.5 Å². The van der Waals surface area contributed by atoms with Crippen molar-refractivity contribution in [2.45, 2.75) is 74.5 Å². The topological polar surface area (TPSA) is 181 Å². The molecule has 0 spiro atoms. The fraction of sp³-hybridized carbons (Fsp3) is 0.417. The van der Waals surface area contributed by atoms with Crippen molar-refractivity contribution in [2.24, 2.45) is 28.3 Å². The summed E-state index contributed by atoms with van der Waals surface area (Å²) in [6.07, 6.45) is 2.73. The van der Waals surface area contributed by atoms with E-state index in [1.54, 1.807) is 24.3 Å². The molecule has 6 bridgehead atoms. The van der Waals surface area contributed by atoms with Gasteiger partial charge in [0.2, 0.25) is 6.23 Å². The third-order valence-corrected chi connectivity index (χ3v) is 11.2. The van der Waals surface area contributed by atoms with Crippen LogP contribution in [0.2, 0.25) is 0 Å². The second kappa shape index (κ2) is 15.3. The van der Waals surface area contributed by atoms with E-state index in [2.05, 4.69) is 4.99 Å². The van der Waals surface area contributed by atoms with Crippen molar-refractivity contribution in [1.82, 2.24) is 0 Å². The molecular weight excluding hydrogens is 641 g/mol. The van der Waals surface area contributed by atoms with Crippen LogP contribution < -0.4 is 45.8 Å². The Hall–Kier alpha value is -2.90. The number of guanidine groups is 1. The summed E-state index contributed by atoms with van der Waals surface area (Å²) in [4.78, 5) is 4.33. The molecule has 9 rings (SSSR count). The Labute approximate surface area is 304 Å². The summed E-state index contributed by atoms with van der Waals surface area (Å²) >= 11 is 0. The van der Waals surface area contributed by atoms with Gasteiger partial charge in [-0.05, 0) is 102 Å². The zero-order chi connectivity index (χ0) is 33.3. The van der Waals surface area contributed by atoms with E-state index in [0.717, 1.165) is 22.3 Å². The molecule has 6 N–H and O–H groups in total. The maximum absolute atomic E-state index is 13.4. The third-order valence-electron chi connectivity index (χ3n) is 9.99. The monoisotopic (exact) mass is 683 g/mol. The Morgan fingerprint density at radius 3 is 2.17 bits per heavy atom. The van der Waals surface area contributed by atoms with Crippen molar-refractivity contribution >= 4 is 16.1 Å². The molecule has 3 aromatic rings. The zero-order valence-electron chi connectivity index (χ0n) is 27.3. The number of rotatable bonds is 6. The molecule has 0 radical (unpaired) electrons. The number of aliphatic hydroxyl groups is 1. The van der Waals surface area contributed by atoms with Gasteiger partial charge in [0, 0.05) is 12.2 Å². The van der Waals surface area contributed by atoms with Crippen LogP contribution in [0.4, 0.5) is 0 Å². The Bertz CT molecular complexity index is 1710. The van der Waals surface area contributed by atoms with E-state index in [9.17, 15) is 23.2 Å². The number of nitrogens with two attached hydrogens (primary N) is 2. The van der Waals surface area contributed by atoms with Crippen molar-refractivity contribution in [2.75, 3.05) is 6.61 Å². The number of aliphatic hydroxyl groups excluding tert-OH is 1. The molecule has 0 aromatic heterocycles. The summed E-state index contributed by atoms with van der Waals surface area (Å²) in [5, 5.41) is 18.7. The van der Waals surface area contributed by atoms with Crippen LogP contribution in [-0.2, 0) is 14.9 Å². The van der Waals surface area contributed by atoms with Crippen LogP contribution in [0.1, 0.15) is 85.4 Å². The smallest absolute Gasteiger partial charge is 0.748 e. The average molecular weight is 684 g/mol. The molecular formula is C36H42N3NaO7S. The summed E-state index contributed by atoms with van der Waals surface area (Å²) in [5.41, 5.74) is 15.8. The van der Waals surface area contributed by atoms with Crippen molar-refractivity contribution in [3.63, 3.8) is 0 Å². The van der Waals surface area contributed by atoms with Gasteiger partial charge in [-0.3, -0.25) is 0 Å². The summed E-state index contributed by atoms with van der Waals surface area (Å²) in [7, 11) is -4.78. The van der Waals surface area contributed by atoms with Crippen LogP contribution in [0, 0.1) is 11.8 Å². The standard InChI is InChI=1S/C36H43N3O7S.Na/c1-2-21-20-32(47(42,43)44)31-19-27-17-26(18-30(15-16-40)45-34(27)24-7-11-28(41)12-8-24)33(31)23-3-5-25(6-4-23)35(39-36(37)38)46-29-13-9-22(21)10-14-29;/h3-14,19,21,26,30-35,40-41H,2,15-18,20H2,1H3,(H4,37,38,39)(H,42,43,44);/q;+1/p-1/t21-,26-,30-,31+,32+,33-,34-,35-;/m0./s1. The van der Waals surface area contributed by atoms with Crippen molar-refractivity contribution in [3.8, 4) is 11.5 Å². The van der Waals surface area contributed by atoms with Crippen LogP contribution in [0.5, 0.6) is 11.5 Å². The summed E-state index contributed by atoms with van der Waals surface area (Å²) in [6.45, 7) is 1.93. The van der Waals surface area contributed by atoms with Gasteiger partial charge in [-0.25, -0.2) is 13.4 Å². The Morgan fingerprint density at radius 1 is 0.938 bits per heavy atom. The van der Waals surface area contributed by atoms with E-state index >= 15 is 0 Å². The molecule has 5 aliphatic heterocycles. The fourth-order valence-electron chi connectivity index (χ4n) is 7.79. The van der Waals surface area contributed by atoms with Crippen molar-refractivity contribution in [3.05, 3.63) is 107 Å². The minimum atomic E-state index is -4.78. The van der Waals surface area contributed by atoms with E-state index in [0.29, 0.717) is 37.0 Å². The first-order chi connectivity index (χ1) is 22.5. The van der Waals surface area contributed by atoms with Gasteiger partial charge in [0.15, 0.2) is 5.96 Å². The number of allylic oxidation sites excluding steroid dienone is 1. The number of nitrogens with zero attached hydrogens (tertiary/aromatic N) is 1. The fourth-order valence-corrected chi connectivity index (χ4v) is 8.89. The molecule has 10 nitrogen and oxygen atoms in total. The molecule has 12 heteroatoms. The number of ether oxygens (including phenoxy) is 2. The molecule has 250 valence electrons. The van der Waals surface area contributed by atoms with Crippen molar-refractivity contribution in [1.29, 1.82) is 0 Å². The van der Waals surface area contributed by atoms with Gasteiger partial charge in [0.1, 0.15) is 17.6 Å². The molecule has 48 heavy (non-hydrogen) atoms. The minimum absolute atomic E-state index is 0. The summed E-state index contributed by atoms with van der Waals surface area (Å²) < 4.78 is 53.0. The molecule has 1 saturated heterocycles. The largest absolute Gasteiger partial charge is 1.00 e. The summed E-state index contributed by atoms with van der Waals surface area (Å²) in [5.74, 6) is -0.693. The molecule has 3 aromatic carbocycles. The Kier molecular flexibility index (Phi) is 11.6. The molecule has 5 heterocycles. The van der Waals surface area contributed by atoms with E-state index in [1.165, 1.54) is 0 Å². The first-order valence-corrected chi connectivity index (χ1v) is 17.7. The predicted molar refractivity (Wildman–Crippen MR) is 178 cm³/mol. The average Bonchev–Trinajstić information content (AvgIpc) is 3.17. The molecule has 1 fully saturated rings. The number of hydrogen-bond acceptors (Lipinski definition) is 8. The second-order valence-corrected chi connectivity index (χ2v) is 14.5. The molecule has 0 saturated carbocycles. The maximum atomic E-state index is 13.4. The maximum Gasteiger partial charge on any atom is 1.00 e. The van der Waals surface area contributed by atoms with Gasteiger partial charge in [-0.1, -0.05) is 61.5 Å². The first-order valence-electron chi connectivity index (χ1n) is 16.2. The van der Waals surface area contributed by atoms with Gasteiger partial charge in [0.25, 0.3) is 0 Å². The molecule has 6 aliphatic rings. The molecule has 0 amide bonds. The van der Waals surface area contributed by atoms with Gasteiger partial charge < -0.3 is 35.7 Å². The molecule has 1 aliphatic carbocycles. The predicted octanol–water partition coefficient (Wildman–Crippen LogP) is 2.12. The third kappa shape index (κ3) is 7.94. The minimum Gasteiger partial charge on any atom is -0.748 e. The summed E-state index contributed by atoms with van der Waals surface area (Å²) in [6, 6.07) is 21.9. The van der Waals surface area contributed by atoms with E-state index in [-0.39, 0.29) is 78.2 Å². The van der Waals surface area contributed by atoms with Crippen LogP contribution in [0.3, 0.4) is 0 Å². The molecule has 0 unspecified atom stereocenters. The normalized spacial score (nSPS) is 28.4. The number of aromatic hydroxyl groups is 1.